The van der Waals surface area contributed by atoms with Gasteiger partial charge in [0.25, 0.3) is 5.56 Å². The van der Waals surface area contributed by atoms with Gasteiger partial charge in [0.15, 0.2) is 11.5 Å². The highest BCUT2D eigenvalue weighted by atomic mass is 19.1. The zero-order valence-electron chi connectivity index (χ0n) is 19.7. The average Bonchev–Trinajstić information content (AvgIpc) is 2.86. The highest BCUT2D eigenvalue weighted by molar-refractivity contribution is 5.92. The van der Waals surface area contributed by atoms with Gasteiger partial charge in [-0.2, -0.15) is 0 Å². The number of halogens is 1. The summed E-state index contributed by atoms with van der Waals surface area (Å²) in [7, 11) is 3.04. The Labute approximate surface area is 202 Å². The van der Waals surface area contributed by atoms with Crippen molar-refractivity contribution in [3.8, 4) is 11.5 Å². The van der Waals surface area contributed by atoms with Crippen molar-refractivity contribution in [2.24, 2.45) is 0 Å². The third kappa shape index (κ3) is 5.43. The van der Waals surface area contributed by atoms with Gasteiger partial charge >= 0.3 is 0 Å². The summed E-state index contributed by atoms with van der Waals surface area (Å²) in [4.78, 5) is 26.3. The molecule has 8 heteroatoms. The number of nitrogens with zero attached hydrogens (tertiary/aromatic N) is 1. The molecule has 0 aliphatic rings. The van der Waals surface area contributed by atoms with Crippen molar-refractivity contribution in [2.45, 2.75) is 20.0 Å². The zero-order valence-corrected chi connectivity index (χ0v) is 19.7. The van der Waals surface area contributed by atoms with E-state index in [-0.39, 0.29) is 18.6 Å². The molecule has 0 atom stereocenters. The minimum absolute atomic E-state index is 0.236. The molecule has 0 fully saturated rings. The summed E-state index contributed by atoms with van der Waals surface area (Å²) in [5.74, 6) is 0.134. The molecular formula is C27H26FN3O4. The van der Waals surface area contributed by atoms with Crippen LogP contribution in [0.25, 0.3) is 10.9 Å². The predicted octanol–water partition coefficient (Wildman–Crippen LogP) is 4.72. The second kappa shape index (κ2) is 10.3. The van der Waals surface area contributed by atoms with Crippen molar-refractivity contribution in [3.05, 3.63) is 94.0 Å². The first-order chi connectivity index (χ1) is 16.9. The molecule has 4 aromatic rings. The lowest BCUT2D eigenvalue weighted by atomic mass is 10.1. The Morgan fingerprint density at radius 3 is 2.20 bits per heavy atom. The van der Waals surface area contributed by atoms with Gasteiger partial charge in [0.1, 0.15) is 12.4 Å². The van der Waals surface area contributed by atoms with Crippen LogP contribution in [0, 0.1) is 12.7 Å². The van der Waals surface area contributed by atoms with Crippen LogP contribution < -0.4 is 25.7 Å². The van der Waals surface area contributed by atoms with E-state index in [0.717, 1.165) is 16.6 Å². The Balaban J connectivity index is 1.72. The van der Waals surface area contributed by atoms with Gasteiger partial charge in [-0.05, 0) is 55.5 Å². The van der Waals surface area contributed by atoms with Gasteiger partial charge in [-0.25, -0.2) is 4.39 Å². The lowest BCUT2D eigenvalue weighted by molar-refractivity contribution is -0.116. The fraction of sp³-hybridized carbons (Fsp3) is 0.185. The fourth-order valence-corrected chi connectivity index (χ4v) is 3.80. The number of carbonyl (C=O) groups excluding carboxylic acids is 1. The molecule has 0 saturated carbocycles. The summed E-state index contributed by atoms with van der Waals surface area (Å²) in [5.41, 5.74) is 3.16. The van der Waals surface area contributed by atoms with Crippen LogP contribution in [0.5, 0.6) is 11.5 Å². The van der Waals surface area contributed by atoms with Gasteiger partial charge in [0.2, 0.25) is 5.91 Å². The van der Waals surface area contributed by atoms with Crippen LogP contribution in [0.1, 0.15) is 11.1 Å². The number of fused-ring (bicyclic) bond motifs is 1. The number of amides is 1. The maximum Gasteiger partial charge on any atom is 0.256 e. The molecule has 2 N–H and O–H groups in total. The molecule has 1 heterocycles. The molecule has 1 aromatic heterocycles. The zero-order chi connectivity index (χ0) is 24.9. The smallest absolute Gasteiger partial charge is 0.256 e. The molecule has 0 bridgehead atoms. The minimum Gasteiger partial charge on any atom is -0.493 e. The van der Waals surface area contributed by atoms with Gasteiger partial charge in [0, 0.05) is 34.9 Å². The lowest BCUT2D eigenvalue weighted by Crippen LogP contribution is -2.30. The highest BCUT2D eigenvalue weighted by Gasteiger charge is 2.16. The maximum absolute atomic E-state index is 13.5. The highest BCUT2D eigenvalue weighted by Crippen LogP contribution is 2.32. The van der Waals surface area contributed by atoms with Crippen LogP contribution in [-0.4, -0.2) is 24.7 Å². The molecule has 180 valence electrons. The number of anilines is 2. The number of hydrogen-bond donors (Lipinski definition) is 2. The average molecular weight is 476 g/mol. The first kappa shape index (κ1) is 23.8. The molecule has 35 heavy (non-hydrogen) atoms. The van der Waals surface area contributed by atoms with E-state index in [1.54, 1.807) is 18.2 Å². The third-order valence-corrected chi connectivity index (χ3v) is 5.64. The van der Waals surface area contributed by atoms with Gasteiger partial charge in [0.05, 0.1) is 19.7 Å². The molecule has 0 aliphatic heterocycles. The number of benzene rings is 3. The van der Waals surface area contributed by atoms with E-state index in [9.17, 15) is 14.0 Å². The molecule has 3 aromatic carbocycles. The molecule has 0 aliphatic carbocycles. The fourth-order valence-electron chi connectivity index (χ4n) is 3.80. The molecule has 7 nitrogen and oxygen atoms in total. The number of hydrogen-bond acceptors (Lipinski definition) is 5. The number of rotatable bonds is 8. The predicted molar refractivity (Wildman–Crippen MR) is 135 cm³/mol. The first-order valence-corrected chi connectivity index (χ1v) is 11.0. The van der Waals surface area contributed by atoms with Crippen molar-refractivity contribution in [1.82, 2.24) is 4.57 Å². The van der Waals surface area contributed by atoms with Crippen LogP contribution in [0.3, 0.4) is 0 Å². The number of ether oxygens (including phenoxy) is 2. The summed E-state index contributed by atoms with van der Waals surface area (Å²) in [6.07, 6.45) is 0. The van der Waals surface area contributed by atoms with E-state index >= 15 is 0 Å². The molecule has 0 saturated heterocycles. The van der Waals surface area contributed by atoms with Crippen LogP contribution in [-0.2, 0) is 17.9 Å². The van der Waals surface area contributed by atoms with Gasteiger partial charge < -0.3 is 20.1 Å². The third-order valence-electron chi connectivity index (χ3n) is 5.64. The van der Waals surface area contributed by atoms with E-state index in [0.29, 0.717) is 28.3 Å². The van der Waals surface area contributed by atoms with E-state index < -0.39 is 11.7 Å². The molecular weight excluding hydrogens is 449 g/mol. The van der Waals surface area contributed by atoms with E-state index in [4.69, 9.17) is 9.47 Å². The van der Waals surface area contributed by atoms with Crippen LogP contribution in [0.15, 0.2) is 71.5 Å². The number of nitrogens with one attached hydrogen (secondary N) is 2. The quantitative estimate of drug-likeness (QED) is 0.386. The van der Waals surface area contributed by atoms with Crippen LogP contribution >= 0.6 is 0 Å². The Hall–Kier alpha value is -4.33. The number of aromatic nitrogens is 1. The summed E-state index contributed by atoms with van der Waals surface area (Å²) in [5, 5.41) is 6.69. The van der Waals surface area contributed by atoms with Crippen molar-refractivity contribution >= 4 is 28.2 Å². The molecule has 0 unspecified atom stereocenters. The van der Waals surface area contributed by atoms with E-state index in [2.05, 4.69) is 10.6 Å². The number of pyridine rings is 1. The lowest BCUT2D eigenvalue weighted by Gasteiger charge is -2.16. The Morgan fingerprint density at radius 2 is 1.54 bits per heavy atom. The van der Waals surface area contributed by atoms with Crippen molar-refractivity contribution in [3.63, 3.8) is 0 Å². The summed E-state index contributed by atoms with van der Waals surface area (Å²) in [6, 6.07) is 18.5. The summed E-state index contributed by atoms with van der Waals surface area (Å²) in [6.45, 7) is 2.04. The topological polar surface area (TPSA) is 81.6 Å². The van der Waals surface area contributed by atoms with Crippen LogP contribution in [0.4, 0.5) is 15.8 Å². The van der Waals surface area contributed by atoms with E-state index in [1.165, 1.54) is 43.1 Å². The normalized spacial score (nSPS) is 10.7. The van der Waals surface area contributed by atoms with Crippen molar-refractivity contribution in [1.29, 1.82) is 0 Å². The molecule has 4 rings (SSSR count). The van der Waals surface area contributed by atoms with Gasteiger partial charge in [-0.1, -0.05) is 17.7 Å². The Morgan fingerprint density at radius 1 is 0.914 bits per heavy atom. The van der Waals surface area contributed by atoms with Crippen molar-refractivity contribution in [2.75, 3.05) is 24.9 Å². The summed E-state index contributed by atoms with van der Waals surface area (Å²) < 4.78 is 25.4. The number of methoxy groups -OCH3 is 2. The Kier molecular flexibility index (Phi) is 7.01. The summed E-state index contributed by atoms with van der Waals surface area (Å²) >= 11 is 0. The number of carbonyl (C=O) groups is 1. The second-order valence-electron chi connectivity index (χ2n) is 8.10. The molecule has 0 spiro atoms. The largest absolute Gasteiger partial charge is 0.493 e. The van der Waals surface area contributed by atoms with Crippen molar-refractivity contribution < 1.29 is 18.7 Å². The Bertz CT molecular complexity index is 1410. The number of aryl methyl sites for hydroxylation is 1. The van der Waals surface area contributed by atoms with Gasteiger partial charge in [-0.3, -0.25) is 14.2 Å². The molecule has 0 radical (unpaired) electrons. The van der Waals surface area contributed by atoms with E-state index in [1.807, 2.05) is 31.2 Å². The SMILES string of the molecule is COc1cc2cc(CNc3ccc(C)cc3)c(=O)n(CC(=O)Nc3ccc(F)cc3)c2cc1OC. The second-order valence-corrected chi connectivity index (χ2v) is 8.10. The molecule has 1 amide bonds. The minimum atomic E-state index is -0.418. The first-order valence-electron chi connectivity index (χ1n) is 11.0. The monoisotopic (exact) mass is 475 g/mol. The van der Waals surface area contributed by atoms with Gasteiger partial charge in [-0.15, -0.1) is 0 Å². The maximum atomic E-state index is 13.5. The van der Waals surface area contributed by atoms with Crippen LogP contribution in [0.2, 0.25) is 0 Å². The standard InChI is InChI=1S/C27H26FN3O4/c1-17-4-8-21(9-5-17)29-15-19-12-18-13-24(34-2)25(35-3)14-23(18)31(27(19)33)16-26(32)30-22-10-6-20(28)7-11-22/h4-14,29H,15-16H2,1-3H3,(H,30,32).